The Morgan fingerprint density at radius 2 is 2.09 bits per heavy atom. The van der Waals surface area contributed by atoms with Crippen molar-refractivity contribution in [1.82, 2.24) is 25.1 Å². The maximum atomic E-state index is 13.3. The van der Waals surface area contributed by atoms with E-state index in [1.54, 1.807) is 31.0 Å². The largest absolute Gasteiger partial charge is 0.494 e. The molecule has 1 saturated heterocycles. The van der Waals surface area contributed by atoms with Crippen LogP contribution in [0.5, 0.6) is 5.75 Å². The standard InChI is InChI=1S/C25H28N6O3S/c1-13-10-31(11-14(2)34-13)25(32)15-4-5-17-21(7-15)35-24-22(17)23(26-12-27-24)29-19-6-16-9-28-30-18(16)8-20(19)33-3/h6,8-9,12-15H,4-5,7,10-11H2,1-3H3,(H,28,30)(H,26,27,29)/t13-,14-,15-/m0/s1. The zero-order chi connectivity index (χ0) is 24.1. The highest BCUT2D eigenvalue weighted by Gasteiger charge is 2.34. The van der Waals surface area contributed by atoms with Gasteiger partial charge >= 0.3 is 0 Å². The molecule has 1 fully saturated rings. The number of amides is 1. The van der Waals surface area contributed by atoms with Crippen LogP contribution in [0.2, 0.25) is 0 Å². The van der Waals surface area contributed by atoms with Crippen molar-refractivity contribution in [3.63, 3.8) is 0 Å². The zero-order valence-electron chi connectivity index (χ0n) is 20.0. The van der Waals surface area contributed by atoms with Crippen LogP contribution in [0.3, 0.4) is 0 Å². The van der Waals surface area contributed by atoms with Gasteiger partial charge in [-0.1, -0.05) is 0 Å². The van der Waals surface area contributed by atoms with Gasteiger partial charge in [0.1, 0.15) is 22.7 Å². The molecule has 2 aliphatic rings. The third-order valence-corrected chi connectivity index (χ3v) is 8.10. The van der Waals surface area contributed by atoms with Gasteiger partial charge in [0.2, 0.25) is 5.91 Å². The van der Waals surface area contributed by atoms with Crippen LogP contribution in [0.25, 0.3) is 21.1 Å². The van der Waals surface area contributed by atoms with E-state index in [9.17, 15) is 4.79 Å². The number of morpholine rings is 1. The molecule has 1 aliphatic heterocycles. The first-order valence-electron chi connectivity index (χ1n) is 12.0. The van der Waals surface area contributed by atoms with E-state index >= 15 is 0 Å². The molecule has 35 heavy (non-hydrogen) atoms. The monoisotopic (exact) mass is 492 g/mol. The lowest BCUT2D eigenvalue weighted by molar-refractivity contribution is -0.147. The highest BCUT2D eigenvalue weighted by molar-refractivity contribution is 7.19. The Labute approximate surface area is 206 Å². The van der Waals surface area contributed by atoms with Crippen molar-refractivity contribution >= 4 is 49.9 Å². The number of ether oxygens (including phenoxy) is 2. The second-order valence-corrected chi connectivity index (χ2v) is 10.6. The van der Waals surface area contributed by atoms with E-state index in [4.69, 9.17) is 9.47 Å². The van der Waals surface area contributed by atoms with Crippen LogP contribution in [0, 0.1) is 5.92 Å². The van der Waals surface area contributed by atoms with Crippen molar-refractivity contribution in [2.75, 3.05) is 25.5 Å². The van der Waals surface area contributed by atoms with Crippen LogP contribution in [0.4, 0.5) is 11.5 Å². The molecule has 0 saturated carbocycles. The second-order valence-electron chi connectivity index (χ2n) is 9.48. The van der Waals surface area contributed by atoms with E-state index in [1.807, 2.05) is 30.9 Å². The smallest absolute Gasteiger partial charge is 0.226 e. The van der Waals surface area contributed by atoms with Gasteiger partial charge in [0.15, 0.2) is 0 Å². The van der Waals surface area contributed by atoms with E-state index < -0.39 is 0 Å². The number of nitrogens with one attached hydrogen (secondary N) is 2. The zero-order valence-corrected chi connectivity index (χ0v) is 20.8. The predicted molar refractivity (Wildman–Crippen MR) is 135 cm³/mol. The molecule has 1 amide bonds. The number of hydrogen-bond acceptors (Lipinski definition) is 8. The van der Waals surface area contributed by atoms with Crippen molar-refractivity contribution < 1.29 is 14.3 Å². The summed E-state index contributed by atoms with van der Waals surface area (Å²) in [5, 5.41) is 12.6. The molecule has 3 atom stereocenters. The Balaban J connectivity index is 1.30. The van der Waals surface area contributed by atoms with Crippen LogP contribution in [-0.2, 0) is 22.4 Å². The molecule has 3 aromatic heterocycles. The Hall–Kier alpha value is -3.24. The number of nitrogens with zero attached hydrogens (tertiary/aromatic N) is 4. The molecule has 0 spiro atoms. The number of hydrogen-bond donors (Lipinski definition) is 2. The van der Waals surface area contributed by atoms with Gasteiger partial charge in [0, 0.05) is 35.3 Å². The number of fused-ring (bicyclic) bond motifs is 4. The highest BCUT2D eigenvalue weighted by Crippen LogP contribution is 2.42. The molecular weight excluding hydrogens is 464 g/mol. The summed E-state index contributed by atoms with van der Waals surface area (Å²) in [5.41, 5.74) is 2.98. The number of methoxy groups -OCH3 is 1. The number of aromatic nitrogens is 4. The summed E-state index contributed by atoms with van der Waals surface area (Å²) < 4.78 is 11.4. The van der Waals surface area contributed by atoms with Gasteiger partial charge < -0.3 is 19.7 Å². The van der Waals surface area contributed by atoms with Gasteiger partial charge in [0.05, 0.1) is 42.1 Å². The van der Waals surface area contributed by atoms with Gasteiger partial charge in [-0.15, -0.1) is 11.3 Å². The number of carbonyl (C=O) groups is 1. The minimum atomic E-state index is 0.000947. The lowest BCUT2D eigenvalue weighted by Crippen LogP contribution is -2.50. The number of aromatic amines is 1. The summed E-state index contributed by atoms with van der Waals surface area (Å²) in [6.07, 6.45) is 5.95. The highest BCUT2D eigenvalue weighted by atomic mass is 32.1. The fourth-order valence-corrected chi connectivity index (χ4v) is 6.66. The minimum absolute atomic E-state index is 0.000947. The molecule has 4 aromatic rings. The second kappa shape index (κ2) is 8.76. The van der Waals surface area contributed by atoms with Crippen molar-refractivity contribution in [2.24, 2.45) is 5.92 Å². The summed E-state index contributed by atoms with van der Waals surface area (Å²) in [5.74, 6) is 1.71. The fourth-order valence-electron chi connectivity index (χ4n) is 5.40. The quantitative estimate of drug-likeness (QED) is 0.443. The lowest BCUT2D eigenvalue weighted by atomic mass is 9.86. The number of H-pyrrole nitrogens is 1. The summed E-state index contributed by atoms with van der Waals surface area (Å²) in [6, 6.07) is 3.93. The van der Waals surface area contributed by atoms with Crippen molar-refractivity contribution in [3.05, 3.63) is 35.1 Å². The number of aryl methyl sites for hydroxylation is 1. The molecule has 1 aromatic carbocycles. The summed E-state index contributed by atoms with van der Waals surface area (Å²) in [6.45, 7) is 5.41. The van der Waals surface area contributed by atoms with Crippen LogP contribution in [-0.4, -0.2) is 63.4 Å². The topological polar surface area (TPSA) is 105 Å². The summed E-state index contributed by atoms with van der Waals surface area (Å²) >= 11 is 1.67. The molecule has 182 valence electrons. The van der Waals surface area contributed by atoms with Crippen molar-refractivity contribution in [2.45, 2.75) is 45.3 Å². The van der Waals surface area contributed by atoms with E-state index in [0.717, 1.165) is 51.9 Å². The maximum Gasteiger partial charge on any atom is 0.226 e. The van der Waals surface area contributed by atoms with E-state index in [-0.39, 0.29) is 24.0 Å². The Kier molecular flexibility index (Phi) is 5.57. The molecule has 6 rings (SSSR count). The number of thiophene rings is 1. The molecule has 2 N–H and O–H groups in total. The number of rotatable bonds is 4. The maximum absolute atomic E-state index is 13.3. The third kappa shape index (κ3) is 4.00. The van der Waals surface area contributed by atoms with Gasteiger partial charge in [-0.05, 0) is 44.7 Å². The van der Waals surface area contributed by atoms with Crippen LogP contribution in [0.1, 0.15) is 30.7 Å². The Bertz CT molecular complexity index is 1410. The molecule has 10 heteroatoms. The van der Waals surface area contributed by atoms with Crippen molar-refractivity contribution in [1.29, 1.82) is 0 Å². The lowest BCUT2D eigenvalue weighted by Gasteiger charge is -2.37. The Morgan fingerprint density at radius 3 is 2.89 bits per heavy atom. The first kappa shape index (κ1) is 22.2. The number of anilines is 2. The van der Waals surface area contributed by atoms with E-state index in [1.165, 1.54) is 10.4 Å². The predicted octanol–water partition coefficient (Wildman–Crippen LogP) is 4.06. The fraction of sp³-hybridized carbons (Fsp3) is 0.440. The van der Waals surface area contributed by atoms with E-state index in [0.29, 0.717) is 18.8 Å². The normalized spacial score (nSPS) is 22.4. The molecule has 0 radical (unpaired) electrons. The first-order chi connectivity index (χ1) is 17.0. The number of carbonyl (C=O) groups excluding carboxylic acids is 1. The van der Waals surface area contributed by atoms with Crippen molar-refractivity contribution in [3.8, 4) is 5.75 Å². The first-order valence-corrected chi connectivity index (χ1v) is 12.8. The van der Waals surface area contributed by atoms with Gasteiger partial charge in [-0.3, -0.25) is 9.89 Å². The minimum Gasteiger partial charge on any atom is -0.494 e. The molecule has 0 bridgehead atoms. The van der Waals surface area contributed by atoms with Crippen LogP contribution in [0.15, 0.2) is 24.7 Å². The van der Waals surface area contributed by atoms with Crippen LogP contribution >= 0.6 is 11.3 Å². The summed E-state index contributed by atoms with van der Waals surface area (Å²) in [4.78, 5) is 26.7. The number of benzene rings is 1. The average Bonchev–Trinajstić information content (AvgIpc) is 3.46. The third-order valence-electron chi connectivity index (χ3n) is 6.94. The average molecular weight is 493 g/mol. The molecule has 0 unspecified atom stereocenters. The molecule has 9 nitrogen and oxygen atoms in total. The van der Waals surface area contributed by atoms with Gasteiger partial charge in [-0.25, -0.2) is 9.97 Å². The molecule has 4 heterocycles. The van der Waals surface area contributed by atoms with Gasteiger partial charge in [-0.2, -0.15) is 5.10 Å². The Morgan fingerprint density at radius 1 is 1.26 bits per heavy atom. The molecular formula is C25H28N6O3S. The van der Waals surface area contributed by atoms with Gasteiger partial charge in [0.25, 0.3) is 0 Å². The summed E-state index contributed by atoms with van der Waals surface area (Å²) in [7, 11) is 1.65. The molecule has 1 aliphatic carbocycles. The van der Waals surface area contributed by atoms with E-state index in [2.05, 4.69) is 25.5 Å². The SMILES string of the molecule is COc1cc2[nH]ncc2cc1Nc1ncnc2sc3c(c12)CC[C@H](C(=O)N1C[C@H](C)O[C@@H](C)C1)C3. The van der Waals surface area contributed by atoms with Crippen LogP contribution < -0.4 is 10.1 Å².